The van der Waals surface area contributed by atoms with Crippen molar-refractivity contribution in [3.63, 3.8) is 0 Å². The van der Waals surface area contributed by atoms with E-state index in [1.54, 1.807) is 0 Å². The smallest absolute Gasteiger partial charge is 0.350 e. The average molecular weight is 155 g/mol. The maximum Gasteiger partial charge on any atom is 0.350 e. The Morgan fingerprint density at radius 1 is 1.36 bits per heavy atom. The van der Waals surface area contributed by atoms with Crippen LogP contribution in [0.5, 0.6) is 0 Å². The fraction of sp³-hybridized carbons (Fsp3) is 0. The van der Waals surface area contributed by atoms with Crippen LogP contribution in [0.15, 0.2) is 15.9 Å². The van der Waals surface area contributed by atoms with Gasteiger partial charge in [-0.3, -0.25) is 9.97 Å². The zero-order valence-electron chi connectivity index (χ0n) is 5.37. The molecule has 0 atom stereocenters. The Hall–Kier alpha value is -1.85. The van der Waals surface area contributed by atoms with Gasteiger partial charge in [-0.15, -0.1) is 0 Å². The van der Waals surface area contributed by atoms with Gasteiger partial charge < -0.3 is 5.11 Å². The standard InChI is InChI=1S/C5H5N3O3/c9-2-1-3-6-4(10)8-5(11)7-3/h1-2,9H,(H2,6,7,8,10,11)/b2-1+. The quantitative estimate of drug-likeness (QED) is 0.452. The number of hydrogen-bond acceptors (Lipinski definition) is 4. The van der Waals surface area contributed by atoms with E-state index in [0.29, 0.717) is 6.26 Å². The highest BCUT2D eigenvalue weighted by molar-refractivity contribution is 5.35. The van der Waals surface area contributed by atoms with Crippen LogP contribution in [0.4, 0.5) is 0 Å². The Kier molecular flexibility index (Phi) is 1.86. The number of hydrogen-bond donors (Lipinski definition) is 3. The van der Waals surface area contributed by atoms with Gasteiger partial charge in [0.2, 0.25) is 0 Å². The van der Waals surface area contributed by atoms with Crippen molar-refractivity contribution in [3.8, 4) is 0 Å². The lowest BCUT2D eigenvalue weighted by atomic mass is 10.6. The number of aromatic nitrogens is 3. The number of aliphatic hydroxyl groups excluding tert-OH is 1. The molecule has 0 aliphatic heterocycles. The Balaban J connectivity index is 3.30. The summed E-state index contributed by atoms with van der Waals surface area (Å²) < 4.78 is 0. The first-order valence-corrected chi connectivity index (χ1v) is 2.74. The number of aromatic amines is 2. The molecule has 6 heteroatoms. The minimum Gasteiger partial charge on any atom is -0.515 e. The third-order valence-corrected chi connectivity index (χ3v) is 0.916. The van der Waals surface area contributed by atoms with Crippen molar-refractivity contribution in [2.24, 2.45) is 0 Å². The minimum absolute atomic E-state index is 0.0150. The highest BCUT2D eigenvalue weighted by atomic mass is 16.2. The molecule has 0 amide bonds. The van der Waals surface area contributed by atoms with E-state index in [4.69, 9.17) is 5.11 Å². The summed E-state index contributed by atoms with van der Waals surface area (Å²) in [5, 5.41) is 8.25. The van der Waals surface area contributed by atoms with Gasteiger partial charge >= 0.3 is 11.4 Å². The SMILES string of the molecule is O=c1nc(/C=C/O)[nH]c(=O)[nH]1. The van der Waals surface area contributed by atoms with Crippen molar-refractivity contribution in [2.45, 2.75) is 0 Å². The summed E-state index contributed by atoms with van der Waals surface area (Å²) in [5.41, 5.74) is -1.40. The largest absolute Gasteiger partial charge is 0.515 e. The molecule has 6 nitrogen and oxygen atoms in total. The van der Waals surface area contributed by atoms with E-state index in [1.807, 2.05) is 4.98 Å². The van der Waals surface area contributed by atoms with Crippen molar-refractivity contribution < 1.29 is 5.11 Å². The Bertz CT molecular complexity index is 347. The Morgan fingerprint density at radius 3 is 2.64 bits per heavy atom. The molecule has 11 heavy (non-hydrogen) atoms. The van der Waals surface area contributed by atoms with Gasteiger partial charge in [-0.1, -0.05) is 0 Å². The Labute approximate surface area is 60.2 Å². The highest BCUT2D eigenvalue weighted by Gasteiger charge is 1.91. The molecular weight excluding hydrogens is 150 g/mol. The fourth-order valence-electron chi connectivity index (χ4n) is 0.560. The zero-order chi connectivity index (χ0) is 8.27. The van der Waals surface area contributed by atoms with E-state index >= 15 is 0 Å². The third-order valence-electron chi connectivity index (χ3n) is 0.916. The van der Waals surface area contributed by atoms with Crippen LogP contribution in [0.1, 0.15) is 5.82 Å². The maximum atomic E-state index is 10.5. The van der Waals surface area contributed by atoms with Crippen molar-refractivity contribution >= 4 is 6.08 Å². The highest BCUT2D eigenvalue weighted by Crippen LogP contribution is 1.81. The molecule has 0 fully saturated rings. The molecule has 3 N–H and O–H groups in total. The summed E-state index contributed by atoms with van der Waals surface area (Å²) in [4.78, 5) is 28.4. The van der Waals surface area contributed by atoms with E-state index in [1.165, 1.54) is 0 Å². The minimum atomic E-state index is -0.748. The predicted molar refractivity (Wildman–Crippen MR) is 37.1 cm³/mol. The molecule has 0 bridgehead atoms. The topological polar surface area (TPSA) is 98.8 Å². The number of nitrogens with zero attached hydrogens (tertiary/aromatic N) is 1. The zero-order valence-corrected chi connectivity index (χ0v) is 5.37. The monoisotopic (exact) mass is 155 g/mol. The first kappa shape index (κ1) is 7.26. The Morgan fingerprint density at radius 2 is 2.09 bits per heavy atom. The van der Waals surface area contributed by atoms with Gasteiger partial charge in [-0.2, -0.15) is 4.98 Å². The third kappa shape index (κ3) is 1.78. The molecule has 58 valence electrons. The molecule has 0 spiro atoms. The number of H-pyrrole nitrogens is 2. The van der Waals surface area contributed by atoms with E-state index in [2.05, 4.69) is 9.97 Å². The van der Waals surface area contributed by atoms with Crippen molar-refractivity contribution in [1.82, 2.24) is 15.0 Å². The first-order chi connectivity index (χ1) is 5.22. The van der Waals surface area contributed by atoms with Crippen LogP contribution in [-0.2, 0) is 0 Å². The van der Waals surface area contributed by atoms with Crippen molar-refractivity contribution in [2.75, 3.05) is 0 Å². The summed E-state index contributed by atoms with van der Waals surface area (Å²) in [5.74, 6) is 0.0150. The molecule has 0 unspecified atom stereocenters. The van der Waals surface area contributed by atoms with Gasteiger partial charge in [0.05, 0.1) is 6.26 Å². The van der Waals surface area contributed by atoms with Gasteiger partial charge in [0.25, 0.3) is 0 Å². The van der Waals surface area contributed by atoms with Crippen LogP contribution >= 0.6 is 0 Å². The molecule has 0 saturated heterocycles. The van der Waals surface area contributed by atoms with Gasteiger partial charge in [0, 0.05) is 6.08 Å². The van der Waals surface area contributed by atoms with Crippen molar-refractivity contribution in [3.05, 3.63) is 33.1 Å². The van der Waals surface area contributed by atoms with Crippen LogP contribution in [0.3, 0.4) is 0 Å². The predicted octanol–water partition coefficient (Wildman–Crippen LogP) is -1.01. The summed E-state index contributed by atoms with van der Waals surface area (Å²) in [6, 6.07) is 0. The molecule has 0 saturated carbocycles. The lowest BCUT2D eigenvalue weighted by molar-refractivity contribution is 0.477. The van der Waals surface area contributed by atoms with E-state index in [-0.39, 0.29) is 5.82 Å². The molecule has 0 aromatic carbocycles. The first-order valence-electron chi connectivity index (χ1n) is 2.74. The average Bonchev–Trinajstić information content (AvgIpc) is 1.85. The summed E-state index contributed by atoms with van der Waals surface area (Å²) in [6.07, 6.45) is 1.77. The van der Waals surface area contributed by atoms with Gasteiger partial charge in [-0.05, 0) is 0 Å². The second-order valence-electron chi connectivity index (χ2n) is 1.70. The van der Waals surface area contributed by atoms with Crippen LogP contribution in [0.25, 0.3) is 6.08 Å². The molecule has 1 heterocycles. The molecule has 1 aromatic rings. The van der Waals surface area contributed by atoms with Crippen LogP contribution < -0.4 is 11.4 Å². The van der Waals surface area contributed by atoms with E-state index in [9.17, 15) is 9.59 Å². The van der Waals surface area contributed by atoms with Gasteiger partial charge in [0.15, 0.2) is 0 Å². The maximum absolute atomic E-state index is 10.5. The summed E-state index contributed by atoms with van der Waals surface area (Å²) >= 11 is 0. The molecule has 0 radical (unpaired) electrons. The van der Waals surface area contributed by atoms with Gasteiger partial charge in [-0.25, -0.2) is 9.59 Å². The molecule has 0 aliphatic rings. The fourth-order valence-corrected chi connectivity index (χ4v) is 0.560. The summed E-state index contributed by atoms with van der Waals surface area (Å²) in [6.45, 7) is 0. The van der Waals surface area contributed by atoms with Crippen LogP contribution in [0.2, 0.25) is 0 Å². The van der Waals surface area contributed by atoms with E-state index < -0.39 is 11.4 Å². The lowest BCUT2D eigenvalue weighted by Gasteiger charge is -1.86. The lowest BCUT2D eigenvalue weighted by Crippen LogP contribution is -2.25. The second-order valence-corrected chi connectivity index (χ2v) is 1.70. The molecular formula is C5H5N3O3. The second kappa shape index (κ2) is 2.82. The van der Waals surface area contributed by atoms with E-state index in [0.717, 1.165) is 6.08 Å². The number of aliphatic hydroxyl groups is 1. The number of nitrogens with one attached hydrogen (secondary N) is 2. The van der Waals surface area contributed by atoms with Crippen LogP contribution in [-0.4, -0.2) is 20.1 Å². The number of rotatable bonds is 1. The molecule has 0 aliphatic carbocycles. The van der Waals surface area contributed by atoms with Crippen molar-refractivity contribution in [1.29, 1.82) is 0 Å². The van der Waals surface area contributed by atoms with Crippen LogP contribution in [0, 0.1) is 0 Å². The summed E-state index contributed by atoms with van der Waals surface area (Å²) in [7, 11) is 0. The normalized spacial score (nSPS) is 10.5. The molecule has 1 rings (SSSR count). The molecule has 1 aromatic heterocycles. The van der Waals surface area contributed by atoms with Gasteiger partial charge in [0.1, 0.15) is 5.82 Å².